The lowest BCUT2D eigenvalue weighted by Gasteiger charge is -2.16. The van der Waals surface area contributed by atoms with Crippen LogP contribution in [0.2, 0.25) is 5.02 Å². The fourth-order valence-electron chi connectivity index (χ4n) is 3.48. The molecular formula is C22H22ClN3O2. The molecule has 0 saturated heterocycles. The standard InChI is InChI=1S/C22H22ClN3O2/c1-27-21-9-6-15(12-22(21)28-17-4-2-3-5-17)14-25-26-19-10-11-24-20-13-16(23)7-8-18(19)20/h6-13,17H,2-5,14H2,1H3. The summed E-state index contributed by atoms with van der Waals surface area (Å²) in [5.41, 5.74) is 2.61. The number of nitrogens with zero attached hydrogens (tertiary/aromatic N) is 3. The maximum atomic E-state index is 6.15. The topological polar surface area (TPSA) is 56.1 Å². The summed E-state index contributed by atoms with van der Waals surface area (Å²) in [6, 6.07) is 13.3. The van der Waals surface area contributed by atoms with E-state index in [1.165, 1.54) is 12.8 Å². The summed E-state index contributed by atoms with van der Waals surface area (Å²) in [4.78, 5) is 4.33. The number of halogens is 1. The van der Waals surface area contributed by atoms with Crippen LogP contribution in [0.25, 0.3) is 10.9 Å². The zero-order chi connectivity index (χ0) is 19.3. The SMILES string of the molecule is COc1ccc(CN=Nc2ccnc3cc(Cl)ccc23)cc1OC1CCCC1. The van der Waals surface area contributed by atoms with Gasteiger partial charge in [-0.25, -0.2) is 0 Å². The average Bonchev–Trinajstić information content (AvgIpc) is 3.21. The van der Waals surface area contributed by atoms with Gasteiger partial charge in [0.1, 0.15) is 0 Å². The Hall–Kier alpha value is -2.66. The minimum absolute atomic E-state index is 0.279. The Bertz CT molecular complexity index is 1000. The van der Waals surface area contributed by atoms with Gasteiger partial charge in [-0.05, 0) is 67.6 Å². The number of hydrogen-bond acceptors (Lipinski definition) is 5. The Labute approximate surface area is 169 Å². The second-order valence-corrected chi connectivity index (χ2v) is 7.34. The van der Waals surface area contributed by atoms with E-state index in [9.17, 15) is 0 Å². The van der Waals surface area contributed by atoms with Crippen molar-refractivity contribution >= 4 is 28.2 Å². The highest BCUT2D eigenvalue weighted by Crippen LogP contribution is 2.33. The van der Waals surface area contributed by atoms with E-state index in [0.717, 1.165) is 46.5 Å². The molecule has 144 valence electrons. The third kappa shape index (κ3) is 4.25. The van der Waals surface area contributed by atoms with Crippen molar-refractivity contribution in [3.8, 4) is 11.5 Å². The smallest absolute Gasteiger partial charge is 0.161 e. The molecule has 28 heavy (non-hydrogen) atoms. The number of azo groups is 1. The molecule has 3 aromatic rings. The highest BCUT2D eigenvalue weighted by Gasteiger charge is 2.18. The predicted octanol–water partition coefficient (Wildman–Crippen LogP) is 6.50. The third-order valence-electron chi connectivity index (χ3n) is 4.94. The molecule has 1 aliphatic carbocycles. The first-order chi connectivity index (χ1) is 13.7. The Morgan fingerprint density at radius 1 is 1.07 bits per heavy atom. The van der Waals surface area contributed by atoms with Gasteiger partial charge in [-0.3, -0.25) is 4.98 Å². The molecule has 0 bridgehead atoms. The van der Waals surface area contributed by atoms with Gasteiger partial charge in [0.25, 0.3) is 0 Å². The number of pyridine rings is 1. The first-order valence-electron chi connectivity index (χ1n) is 9.48. The number of rotatable bonds is 6. The number of benzene rings is 2. The zero-order valence-corrected chi connectivity index (χ0v) is 16.5. The molecule has 5 nitrogen and oxygen atoms in total. The summed E-state index contributed by atoms with van der Waals surface area (Å²) < 4.78 is 11.6. The Kier molecular flexibility index (Phi) is 5.72. The maximum absolute atomic E-state index is 6.15. The monoisotopic (exact) mass is 395 g/mol. The van der Waals surface area contributed by atoms with Crippen molar-refractivity contribution in [2.75, 3.05) is 7.11 Å². The van der Waals surface area contributed by atoms with Crippen LogP contribution in [-0.2, 0) is 6.54 Å². The largest absolute Gasteiger partial charge is 0.493 e. The van der Waals surface area contributed by atoms with Gasteiger partial charge in [0.15, 0.2) is 11.5 Å². The van der Waals surface area contributed by atoms with Crippen molar-refractivity contribution in [2.45, 2.75) is 38.3 Å². The van der Waals surface area contributed by atoms with E-state index in [0.29, 0.717) is 11.6 Å². The predicted molar refractivity (Wildman–Crippen MR) is 111 cm³/mol. The summed E-state index contributed by atoms with van der Waals surface area (Å²) in [6.45, 7) is 0.461. The average molecular weight is 396 g/mol. The van der Waals surface area contributed by atoms with Crippen molar-refractivity contribution in [3.63, 3.8) is 0 Å². The summed E-state index contributed by atoms with van der Waals surface area (Å²) in [5, 5.41) is 10.4. The lowest BCUT2D eigenvalue weighted by molar-refractivity contribution is 0.200. The van der Waals surface area contributed by atoms with E-state index in [2.05, 4.69) is 15.2 Å². The molecule has 2 aromatic carbocycles. The second kappa shape index (κ2) is 8.57. The van der Waals surface area contributed by atoms with Gasteiger partial charge in [-0.2, -0.15) is 10.2 Å². The second-order valence-electron chi connectivity index (χ2n) is 6.90. The van der Waals surface area contributed by atoms with Gasteiger partial charge in [0.2, 0.25) is 0 Å². The fraction of sp³-hybridized carbons (Fsp3) is 0.318. The van der Waals surface area contributed by atoms with Gasteiger partial charge < -0.3 is 9.47 Å². The minimum atomic E-state index is 0.279. The fourth-order valence-corrected chi connectivity index (χ4v) is 3.65. The van der Waals surface area contributed by atoms with Crippen LogP contribution in [0.3, 0.4) is 0 Å². The lowest BCUT2D eigenvalue weighted by Crippen LogP contribution is -2.11. The summed E-state index contributed by atoms with van der Waals surface area (Å²) in [6.07, 6.45) is 6.66. The molecule has 1 saturated carbocycles. The molecule has 4 rings (SSSR count). The van der Waals surface area contributed by atoms with Gasteiger partial charge >= 0.3 is 0 Å². The highest BCUT2D eigenvalue weighted by molar-refractivity contribution is 6.31. The number of fused-ring (bicyclic) bond motifs is 1. The molecule has 1 fully saturated rings. The van der Waals surface area contributed by atoms with Gasteiger partial charge in [-0.1, -0.05) is 17.7 Å². The minimum Gasteiger partial charge on any atom is -0.493 e. The Balaban J connectivity index is 1.51. The van der Waals surface area contributed by atoms with Crippen molar-refractivity contribution in [1.29, 1.82) is 0 Å². The van der Waals surface area contributed by atoms with E-state index >= 15 is 0 Å². The molecular weight excluding hydrogens is 374 g/mol. The van der Waals surface area contributed by atoms with E-state index in [4.69, 9.17) is 21.1 Å². The molecule has 0 amide bonds. The summed E-state index contributed by atoms with van der Waals surface area (Å²) >= 11 is 6.04. The van der Waals surface area contributed by atoms with Crippen LogP contribution in [0.5, 0.6) is 11.5 Å². The molecule has 0 aliphatic heterocycles. The summed E-state index contributed by atoms with van der Waals surface area (Å²) in [7, 11) is 1.66. The number of ether oxygens (including phenoxy) is 2. The third-order valence-corrected chi connectivity index (χ3v) is 5.17. The quantitative estimate of drug-likeness (QED) is 0.447. The molecule has 0 spiro atoms. The molecule has 0 unspecified atom stereocenters. The van der Waals surface area contributed by atoms with Crippen LogP contribution in [-0.4, -0.2) is 18.2 Å². The highest BCUT2D eigenvalue weighted by atomic mass is 35.5. The molecule has 0 N–H and O–H groups in total. The van der Waals surface area contributed by atoms with Crippen LogP contribution in [0, 0.1) is 0 Å². The Morgan fingerprint density at radius 2 is 1.93 bits per heavy atom. The van der Waals surface area contributed by atoms with E-state index in [1.807, 2.05) is 42.5 Å². The van der Waals surface area contributed by atoms with E-state index < -0.39 is 0 Å². The van der Waals surface area contributed by atoms with Crippen LogP contribution < -0.4 is 9.47 Å². The molecule has 1 aromatic heterocycles. The van der Waals surface area contributed by atoms with Crippen molar-refractivity contribution in [2.24, 2.45) is 10.2 Å². The first-order valence-corrected chi connectivity index (χ1v) is 9.86. The van der Waals surface area contributed by atoms with Gasteiger partial charge in [-0.15, -0.1) is 0 Å². The van der Waals surface area contributed by atoms with Crippen molar-refractivity contribution in [3.05, 3.63) is 59.2 Å². The number of aromatic nitrogens is 1. The van der Waals surface area contributed by atoms with Crippen LogP contribution in [0.1, 0.15) is 31.2 Å². The molecule has 0 radical (unpaired) electrons. The number of hydrogen-bond donors (Lipinski definition) is 0. The number of methoxy groups -OCH3 is 1. The van der Waals surface area contributed by atoms with Crippen LogP contribution >= 0.6 is 11.6 Å². The molecule has 0 atom stereocenters. The normalized spacial score (nSPS) is 14.8. The van der Waals surface area contributed by atoms with Crippen molar-refractivity contribution in [1.82, 2.24) is 4.98 Å². The van der Waals surface area contributed by atoms with E-state index in [1.54, 1.807) is 13.3 Å². The maximum Gasteiger partial charge on any atom is 0.161 e. The van der Waals surface area contributed by atoms with Crippen LogP contribution in [0.4, 0.5) is 5.69 Å². The molecule has 1 heterocycles. The molecule has 1 aliphatic rings. The van der Waals surface area contributed by atoms with Gasteiger partial charge in [0.05, 0.1) is 31.0 Å². The lowest BCUT2D eigenvalue weighted by atomic mass is 10.2. The summed E-state index contributed by atoms with van der Waals surface area (Å²) in [5.74, 6) is 1.54. The zero-order valence-electron chi connectivity index (χ0n) is 15.8. The van der Waals surface area contributed by atoms with Crippen molar-refractivity contribution < 1.29 is 9.47 Å². The first kappa shape index (κ1) is 18.7. The van der Waals surface area contributed by atoms with E-state index in [-0.39, 0.29) is 6.10 Å². The molecule has 6 heteroatoms. The Morgan fingerprint density at radius 3 is 2.75 bits per heavy atom. The van der Waals surface area contributed by atoms with Gasteiger partial charge in [0, 0.05) is 16.6 Å². The van der Waals surface area contributed by atoms with Crippen LogP contribution in [0.15, 0.2) is 58.9 Å².